The summed E-state index contributed by atoms with van der Waals surface area (Å²) >= 11 is 0. The molecule has 1 rings (SSSR count). The fourth-order valence-electron chi connectivity index (χ4n) is 1.35. The van der Waals surface area contributed by atoms with E-state index in [1.54, 1.807) is 0 Å². The van der Waals surface area contributed by atoms with Crippen LogP contribution in [-0.4, -0.2) is 47.0 Å². The number of aliphatic carboxylic acids is 1. The van der Waals surface area contributed by atoms with E-state index in [0.29, 0.717) is 6.54 Å². The number of urea groups is 1. The van der Waals surface area contributed by atoms with Crippen molar-refractivity contribution in [1.29, 1.82) is 0 Å². The lowest BCUT2D eigenvalue weighted by molar-refractivity contribution is -0.142. The topological polar surface area (TPSA) is 113 Å². The van der Waals surface area contributed by atoms with Crippen LogP contribution in [0.25, 0.3) is 0 Å². The van der Waals surface area contributed by atoms with Crippen LogP contribution in [0, 0.1) is 0 Å². The number of primary amides is 1. The summed E-state index contributed by atoms with van der Waals surface area (Å²) in [5.74, 6) is -1.62. The summed E-state index contributed by atoms with van der Waals surface area (Å²) in [6.07, 6.45) is -0.422. The van der Waals surface area contributed by atoms with Gasteiger partial charge in [0.25, 0.3) is 0 Å². The van der Waals surface area contributed by atoms with E-state index in [4.69, 9.17) is 10.8 Å². The Hall–Kier alpha value is -1.79. The molecule has 1 heterocycles. The molecular weight excluding hydrogens is 190 g/mol. The van der Waals surface area contributed by atoms with E-state index in [2.05, 4.69) is 5.32 Å². The van der Waals surface area contributed by atoms with Crippen LogP contribution in [-0.2, 0) is 9.59 Å². The van der Waals surface area contributed by atoms with Crippen LogP contribution in [0.5, 0.6) is 0 Å². The van der Waals surface area contributed by atoms with Crippen molar-refractivity contribution in [3.63, 3.8) is 0 Å². The Bertz CT molecular complexity index is 278. The molecule has 0 spiro atoms. The molecule has 1 aliphatic rings. The summed E-state index contributed by atoms with van der Waals surface area (Å²) < 4.78 is 0. The normalized spacial score (nSPS) is 21.6. The first-order valence-electron chi connectivity index (χ1n) is 4.08. The molecule has 3 amide bonds. The molecule has 0 saturated carbocycles. The molecule has 1 aliphatic heterocycles. The van der Waals surface area contributed by atoms with Gasteiger partial charge in [-0.3, -0.25) is 9.59 Å². The van der Waals surface area contributed by atoms with Crippen molar-refractivity contribution in [2.45, 2.75) is 12.5 Å². The van der Waals surface area contributed by atoms with E-state index in [1.807, 2.05) is 0 Å². The summed E-state index contributed by atoms with van der Waals surface area (Å²) in [4.78, 5) is 33.6. The molecule has 0 aromatic rings. The minimum atomic E-state index is -1.14. The number of carboxylic acid groups (broad SMARTS) is 1. The highest BCUT2D eigenvalue weighted by atomic mass is 16.4. The van der Waals surface area contributed by atoms with Crippen LogP contribution < -0.4 is 11.1 Å². The van der Waals surface area contributed by atoms with Crippen LogP contribution in [0.15, 0.2) is 0 Å². The first-order chi connectivity index (χ1) is 6.52. The van der Waals surface area contributed by atoms with E-state index in [9.17, 15) is 14.4 Å². The number of nitrogens with two attached hydrogens (primary N) is 1. The van der Waals surface area contributed by atoms with Crippen molar-refractivity contribution in [3.8, 4) is 0 Å². The molecule has 7 heteroatoms. The Balaban J connectivity index is 2.75. The summed E-state index contributed by atoms with van der Waals surface area (Å²) in [5.41, 5.74) is 5.01. The second-order valence-electron chi connectivity index (χ2n) is 2.94. The Labute approximate surface area is 79.9 Å². The monoisotopic (exact) mass is 201 g/mol. The lowest BCUT2D eigenvalue weighted by Gasteiger charge is -2.32. The first kappa shape index (κ1) is 10.3. The maximum Gasteiger partial charge on any atom is 0.315 e. The third-order valence-electron chi connectivity index (χ3n) is 1.98. The van der Waals surface area contributed by atoms with Gasteiger partial charge in [-0.25, -0.2) is 4.79 Å². The van der Waals surface area contributed by atoms with E-state index in [-0.39, 0.29) is 6.54 Å². The molecule has 78 valence electrons. The number of nitrogens with one attached hydrogen (secondary N) is 1. The molecule has 0 bridgehead atoms. The molecule has 0 aromatic heterocycles. The Morgan fingerprint density at radius 3 is 2.79 bits per heavy atom. The van der Waals surface area contributed by atoms with Crippen LogP contribution >= 0.6 is 0 Å². The van der Waals surface area contributed by atoms with Gasteiger partial charge in [-0.15, -0.1) is 0 Å². The average molecular weight is 201 g/mol. The van der Waals surface area contributed by atoms with Crippen molar-refractivity contribution in [3.05, 3.63) is 0 Å². The number of piperazine rings is 1. The van der Waals surface area contributed by atoms with Crippen LogP contribution in [0.1, 0.15) is 6.42 Å². The lowest BCUT2D eigenvalue weighted by atomic mass is 10.1. The van der Waals surface area contributed by atoms with E-state index in [0.717, 1.165) is 4.90 Å². The predicted octanol–water partition coefficient (Wildman–Crippen LogP) is -1.66. The lowest BCUT2D eigenvalue weighted by Crippen LogP contribution is -2.59. The summed E-state index contributed by atoms with van der Waals surface area (Å²) in [6, 6.07) is -1.76. The highest BCUT2D eigenvalue weighted by molar-refractivity contribution is 5.90. The Kier molecular flexibility index (Phi) is 2.90. The quantitative estimate of drug-likeness (QED) is 0.496. The zero-order valence-corrected chi connectivity index (χ0v) is 7.40. The van der Waals surface area contributed by atoms with Gasteiger partial charge >= 0.3 is 12.0 Å². The standard InChI is InChI=1S/C7H11N3O4/c8-7(14)10-2-1-9-6(13)4(10)3-5(11)12/h4H,1-3H2,(H2,8,14)(H,9,13)(H,11,12). The number of carbonyl (C=O) groups is 3. The van der Waals surface area contributed by atoms with Gasteiger partial charge < -0.3 is 21.1 Å². The minimum Gasteiger partial charge on any atom is -0.481 e. The number of rotatable bonds is 2. The van der Waals surface area contributed by atoms with Crippen molar-refractivity contribution in [2.75, 3.05) is 13.1 Å². The van der Waals surface area contributed by atoms with Gasteiger partial charge in [0, 0.05) is 13.1 Å². The van der Waals surface area contributed by atoms with Crippen LogP contribution in [0.3, 0.4) is 0 Å². The number of amides is 3. The molecule has 1 saturated heterocycles. The first-order valence-corrected chi connectivity index (χ1v) is 4.08. The summed E-state index contributed by atoms with van der Waals surface area (Å²) in [7, 11) is 0. The average Bonchev–Trinajstić information content (AvgIpc) is 2.07. The number of carbonyl (C=O) groups excluding carboxylic acids is 2. The maximum absolute atomic E-state index is 11.2. The summed E-state index contributed by atoms with van der Waals surface area (Å²) in [5, 5.41) is 11.0. The fraction of sp³-hybridized carbons (Fsp3) is 0.571. The molecule has 0 radical (unpaired) electrons. The molecule has 1 fully saturated rings. The second kappa shape index (κ2) is 3.95. The van der Waals surface area contributed by atoms with Gasteiger partial charge in [-0.1, -0.05) is 0 Å². The second-order valence-corrected chi connectivity index (χ2v) is 2.94. The molecule has 7 nitrogen and oxygen atoms in total. The van der Waals surface area contributed by atoms with Gasteiger partial charge in [0.05, 0.1) is 6.42 Å². The maximum atomic E-state index is 11.2. The highest BCUT2D eigenvalue weighted by Crippen LogP contribution is 2.08. The SMILES string of the molecule is NC(=O)N1CCNC(=O)C1CC(=O)O. The molecule has 0 aliphatic carbocycles. The summed E-state index contributed by atoms with van der Waals surface area (Å²) in [6.45, 7) is 0.552. The van der Waals surface area contributed by atoms with E-state index < -0.39 is 30.4 Å². The van der Waals surface area contributed by atoms with Crippen molar-refractivity contribution in [2.24, 2.45) is 5.73 Å². The largest absolute Gasteiger partial charge is 0.481 e. The molecule has 4 N–H and O–H groups in total. The number of hydrogen-bond acceptors (Lipinski definition) is 3. The van der Waals surface area contributed by atoms with Gasteiger partial charge in [0.15, 0.2) is 0 Å². The number of hydrogen-bond donors (Lipinski definition) is 3. The zero-order valence-electron chi connectivity index (χ0n) is 7.40. The van der Waals surface area contributed by atoms with Gasteiger partial charge in [-0.05, 0) is 0 Å². The van der Waals surface area contributed by atoms with Crippen LogP contribution in [0.4, 0.5) is 4.79 Å². The van der Waals surface area contributed by atoms with Gasteiger partial charge in [0.2, 0.25) is 5.91 Å². The van der Waals surface area contributed by atoms with Crippen molar-refractivity contribution < 1.29 is 19.5 Å². The zero-order chi connectivity index (χ0) is 10.7. The fourth-order valence-corrected chi connectivity index (χ4v) is 1.35. The third kappa shape index (κ3) is 2.12. The molecular formula is C7H11N3O4. The predicted molar refractivity (Wildman–Crippen MR) is 45.3 cm³/mol. The Morgan fingerprint density at radius 2 is 2.29 bits per heavy atom. The van der Waals surface area contributed by atoms with Crippen LogP contribution in [0.2, 0.25) is 0 Å². The Morgan fingerprint density at radius 1 is 1.64 bits per heavy atom. The molecule has 1 atom stereocenters. The van der Waals surface area contributed by atoms with E-state index >= 15 is 0 Å². The molecule has 14 heavy (non-hydrogen) atoms. The molecule has 1 unspecified atom stereocenters. The molecule has 0 aromatic carbocycles. The van der Waals surface area contributed by atoms with E-state index in [1.165, 1.54) is 0 Å². The van der Waals surface area contributed by atoms with Gasteiger partial charge in [-0.2, -0.15) is 0 Å². The number of carboxylic acids is 1. The highest BCUT2D eigenvalue weighted by Gasteiger charge is 2.33. The van der Waals surface area contributed by atoms with Crippen molar-refractivity contribution in [1.82, 2.24) is 10.2 Å². The minimum absolute atomic E-state index is 0.249. The smallest absolute Gasteiger partial charge is 0.315 e. The van der Waals surface area contributed by atoms with Crippen molar-refractivity contribution >= 4 is 17.9 Å². The third-order valence-corrected chi connectivity index (χ3v) is 1.98. The number of nitrogens with zero attached hydrogens (tertiary/aromatic N) is 1. The van der Waals surface area contributed by atoms with Gasteiger partial charge in [0.1, 0.15) is 6.04 Å².